The number of aliphatic hydroxyl groups is 4. The number of benzene rings is 1. The van der Waals surface area contributed by atoms with Gasteiger partial charge in [0, 0.05) is 24.6 Å². The highest BCUT2D eigenvalue weighted by atomic mass is 32.2. The van der Waals surface area contributed by atoms with Crippen LogP contribution in [0, 0.1) is 5.41 Å². The molecule has 0 aliphatic carbocycles. The molecule has 39 heavy (non-hydrogen) atoms. The normalized spacial score (nSPS) is 31.9. The first-order valence-electron chi connectivity index (χ1n) is 12.4. The Kier molecular flexibility index (Phi) is 10.9. The van der Waals surface area contributed by atoms with Crippen molar-refractivity contribution < 1.29 is 49.7 Å². The Hall–Kier alpha value is -2.94. The summed E-state index contributed by atoms with van der Waals surface area (Å²) < 4.78 is 10.8. The largest absolute Gasteiger partial charge is 0.508 e. The first-order chi connectivity index (χ1) is 18.5. The summed E-state index contributed by atoms with van der Waals surface area (Å²) in [6, 6.07) is 1.85. The Morgan fingerprint density at radius 2 is 1.87 bits per heavy atom. The lowest BCUT2D eigenvalue weighted by molar-refractivity contribution is -0.205. The van der Waals surface area contributed by atoms with Gasteiger partial charge in [0.2, 0.25) is 5.91 Å². The Morgan fingerprint density at radius 3 is 2.59 bits per heavy atom. The van der Waals surface area contributed by atoms with Gasteiger partial charge in [-0.3, -0.25) is 4.79 Å². The molecule has 7 atom stereocenters. The van der Waals surface area contributed by atoms with Crippen LogP contribution in [0.3, 0.4) is 0 Å². The number of cyclic esters (lactones) is 1. The van der Waals surface area contributed by atoms with Gasteiger partial charge in [0.15, 0.2) is 0 Å². The lowest BCUT2D eigenvalue weighted by Crippen LogP contribution is -2.57. The summed E-state index contributed by atoms with van der Waals surface area (Å²) in [4.78, 5) is 25.4. The number of amides is 1. The molecule has 1 fully saturated rings. The number of carbonyl (C=O) groups excluding carboxylic acids is 2. The molecular formula is C26H34N2O10S. The van der Waals surface area contributed by atoms with Gasteiger partial charge in [-0.05, 0) is 31.1 Å². The second-order valence-corrected chi connectivity index (χ2v) is 10.5. The number of fused-ring (bicyclic) bond motifs is 1. The van der Waals surface area contributed by atoms with Crippen molar-refractivity contribution in [1.29, 1.82) is 5.41 Å². The van der Waals surface area contributed by atoms with Crippen LogP contribution in [0.15, 0.2) is 36.4 Å². The van der Waals surface area contributed by atoms with E-state index in [4.69, 9.17) is 14.9 Å². The van der Waals surface area contributed by atoms with Crippen LogP contribution in [0.1, 0.15) is 35.7 Å². The first-order valence-corrected chi connectivity index (χ1v) is 13.4. The summed E-state index contributed by atoms with van der Waals surface area (Å²) in [6.07, 6.45) is 1.10. The van der Waals surface area contributed by atoms with Gasteiger partial charge in [0.1, 0.15) is 53.0 Å². The van der Waals surface area contributed by atoms with Crippen molar-refractivity contribution in [2.75, 3.05) is 12.4 Å². The zero-order valence-corrected chi connectivity index (χ0v) is 22.1. The summed E-state index contributed by atoms with van der Waals surface area (Å²) in [5.41, 5.74) is -0.821. The topological polar surface area (TPSA) is 210 Å². The Bertz CT molecular complexity index is 1110. The van der Waals surface area contributed by atoms with Crippen molar-refractivity contribution in [3.8, 4) is 11.5 Å². The van der Waals surface area contributed by atoms with E-state index < -0.39 is 66.2 Å². The molecule has 1 amide bonds. The maximum atomic E-state index is 12.7. The fourth-order valence-corrected chi connectivity index (χ4v) is 5.16. The molecule has 2 unspecified atom stereocenters. The molecule has 2 aliphatic heterocycles. The number of aliphatic hydroxyl groups excluding tert-OH is 4. The molecule has 1 saturated heterocycles. The minimum atomic E-state index is -1.53. The number of nitrogens with one attached hydrogen (secondary N) is 2. The lowest BCUT2D eigenvalue weighted by Gasteiger charge is -2.39. The molecule has 1 aromatic carbocycles. The average Bonchev–Trinajstić information content (AvgIpc) is 2.85. The van der Waals surface area contributed by atoms with E-state index in [9.17, 15) is 40.2 Å². The minimum absolute atomic E-state index is 0.0557. The van der Waals surface area contributed by atoms with Crippen molar-refractivity contribution in [3.63, 3.8) is 0 Å². The number of hydrogen-bond donors (Lipinski definition) is 8. The molecule has 0 radical (unpaired) electrons. The van der Waals surface area contributed by atoms with E-state index in [-0.39, 0.29) is 34.8 Å². The number of phenols is 2. The predicted molar refractivity (Wildman–Crippen MR) is 142 cm³/mol. The second kappa shape index (κ2) is 13.9. The number of phenolic OH excluding ortho intramolecular Hbond substituents is 2. The highest BCUT2D eigenvalue weighted by Crippen LogP contribution is 2.30. The zero-order valence-electron chi connectivity index (χ0n) is 21.3. The summed E-state index contributed by atoms with van der Waals surface area (Å²) in [7, 11) is 0. The number of ether oxygens (including phenoxy) is 2. The molecular weight excluding hydrogens is 532 g/mol. The van der Waals surface area contributed by atoms with Gasteiger partial charge in [-0.15, -0.1) is 11.8 Å². The molecule has 0 bridgehead atoms. The van der Waals surface area contributed by atoms with Crippen LogP contribution in [-0.2, 0) is 20.7 Å². The van der Waals surface area contributed by atoms with E-state index in [2.05, 4.69) is 5.32 Å². The van der Waals surface area contributed by atoms with Gasteiger partial charge >= 0.3 is 5.97 Å². The standard InChI is InChI=1S/C26H34N2O10S/c1-13-4-2-6-16(28-20(32)12-39-26-24(35)23(34)22(33)19(11-29)38-26)7-3-5-15(27)8-14-9-17(30)10-18(31)21(14)25(36)37-13/h2-3,5-6,9-10,13,16,19,22-24,26-27,29-31,33-35H,4,7-8,11-12H2,1H3,(H,28,32)/b5-3+,6-2+,27-15?/t13-,16+,19?,22-,23?,24+,26+/m1/s1. The molecule has 13 heteroatoms. The van der Waals surface area contributed by atoms with Crippen molar-refractivity contribution in [2.24, 2.45) is 0 Å². The van der Waals surface area contributed by atoms with Crippen molar-refractivity contribution in [3.05, 3.63) is 47.6 Å². The van der Waals surface area contributed by atoms with Crippen LogP contribution < -0.4 is 5.32 Å². The van der Waals surface area contributed by atoms with Crippen LogP contribution in [0.5, 0.6) is 11.5 Å². The van der Waals surface area contributed by atoms with Crippen molar-refractivity contribution in [2.45, 2.75) is 68.2 Å². The number of carbonyl (C=O) groups is 2. The molecule has 2 heterocycles. The fraction of sp³-hybridized carbons (Fsp3) is 0.500. The van der Waals surface area contributed by atoms with Gasteiger partial charge in [0.25, 0.3) is 0 Å². The maximum absolute atomic E-state index is 12.7. The second-order valence-electron chi connectivity index (χ2n) is 9.40. The van der Waals surface area contributed by atoms with E-state index in [0.29, 0.717) is 12.8 Å². The summed E-state index contributed by atoms with van der Waals surface area (Å²) in [5, 5.41) is 70.5. The number of thioether (sulfide) groups is 1. The highest BCUT2D eigenvalue weighted by Gasteiger charge is 2.43. The summed E-state index contributed by atoms with van der Waals surface area (Å²) >= 11 is 0.911. The third-order valence-corrected chi connectivity index (χ3v) is 7.34. The molecule has 214 valence electrons. The summed E-state index contributed by atoms with van der Waals surface area (Å²) in [5.74, 6) is -2.03. The Balaban J connectivity index is 1.67. The third kappa shape index (κ3) is 8.27. The fourth-order valence-electron chi connectivity index (χ4n) is 4.19. The van der Waals surface area contributed by atoms with Gasteiger partial charge in [-0.25, -0.2) is 4.79 Å². The molecule has 1 aromatic rings. The van der Waals surface area contributed by atoms with E-state index in [0.717, 1.165) is 17.8 Å². The quantitative estimate of drug-likeness (QED) is 0.177. The van der Waals surface area contributed by atoms with E-state index in [1.807, 2.05) is 0 Å². The van der Waals surface area contributed by atoms with Crippen LogP contribution in [0.2, 0.25) is 0 Å². The minimum Gasteiger partial charge on any atom is -0.508 e. The molecule has 12 nitrogen and oxygen atoms in total. The number of hydrogen-bond acceptors (Lipinski definition) is 12. The van der Waals surface area contributed by atoms with E-state index in [1.54, 1.807) is 25.2 Å². The Labute approximate surface area is 229 Å². The molecule has 8 N–H and O–H groups in total. The summed E-state index contributed by atoms with van der Waals surface area (Å²) in [6.45, 7) is 1.10. The van der Waals surface area contributed by atoms with E-state index in [1.165, 1.54) is 12.1 Å². The SMILES string of the molecule is C[C@@H]1C/C=C/[C@H](NC(=O)CS[C@@H]2OC(CO)[C@@H](O)C(O)[C@@H]2O)C/C=C/C(=N)Cc2cc(O)cc(O)c2C(=O)O1. The molecule has 0 spiro atoms. The first kappa shape index (κ1) is 30.6. The number of esters is 1. The van der Waals surface area contributed by atoms with E-state index >= 15 is 0 Å². The number of aromatic hydroxyl groups is 2. The van der Waals surface area contributed by atoms with Gasteiger partial charge in [-0.2, -0.15) is 0 Å². The zero-order chi connectivity index (χ0) is 28.7. The highest BCUT2D eigenvalue weighted by molar-refractivity contribution is 8.00. The van der Waals surface area contributed by atoms with Crippen LogP contribution in [-0.4, -0.2) is 103 Å². The van der Waals surface area contributed by atoms with Crippen LogP contribution in [0.4, 0.5) is 0 Å². The van der Waals surface area contributed by atoms with Crippen molar-refractivity contribution in [1.82, 2.24) is 5.32 Å². The van der Waals surface area contributed by atoms with Gasteiger partial charge in [-0.1, -0.05) is 18.2 Å². The molecule has 2 aliphatic rings. The van der Waals surface area contributed by atoms with Crippen LogP contribution >= 0.6 is 11.8 Å². The monoisotopic (exact) mass is 566 g/mol. The molecule has 3 rings (SSSR count). The smallest absolute Gasteiger partial charge is 0.342 e. The van der Waals surface area contributed by atoms with Gasteiger partial charge < -0.3 is 50.8 Å². The molecule has 0 saturated carbocycles. The van der Waals surface area contributed by atoms with Crippen LogP contribution in [0.25, 0.3) is 0 Å². The third-order valence-electron chi connectivity index (χ3n) is 6.20. The maximum Gasteiger partial charge on any atom is 0.342 e. The lowest BCUT2D eigenvalue weighted by atomic mass is 9.99. The number of rotatable bonds is 5. The molecule has 0 aromatic heterocycles. The Morgan fingerprint density at radius 1 is 1.13 bits per heavy atom. The predicted octanol–water partition coefficient (Wildman–Crippen LogP) is 0.129. The van der Waals surface area contributed by atoms with Gasteiger partial charge in [0.05, 0.1) is 18.4 Å². The number of allylic oxidation sites excluding steroid dienone is 1. The van der Waals surface area contributed by atoms with Crippen molar-refractivity contribution >= 4 is 29.4 Å². The average molecular weight is 567 g/mol.